The lowest BCUT2D eigenvalue weighted by Gasteiger charge is -2.35. The Kier molecular flexibility index (Phi) is 6.26. The molecule has 0 bridgehead atoms. The number of likely N-dealkylation sites (tertiary alicyclic amines) is 1. The number of benzene rings is 2. The lowest BCUT2D eigenvalue weighted by Crippen LogP contribution is -2.48. The predicted molar refractivity (Wildman–Crippen MR) is 135 cm³/mol. The van der Waals surface area contributed by atoms with Gasteiger partial charge in [0, 0.05) is 30.3 Å². The van der Waals surface area contributed by atoms with Crippen LogP contribution in [-0.2, 0) is 17.6 Å². The molecule has 36 heavy (non-hydrogen) atoms. The third-order valence-electron chi connectivity index (χ3n) is 6.90. The van der Waals surface area contributed by atoms with Crippen molar-refractivity contribution in [2.45, 2.75) is 51.0 Å². The van der Waals surface area contributed by atoms with Crippen LogP contribution in [0.4, 0.5) is 4.39 Å². The highest BCUT2D eigenvalue weighted by Gasteiger charge is 2.34. The van der Waals surface area contributed by atoms with Crippen LogP contribution in [0.5, 0.6) is 0 Å². The molecule has 188 valence electrons. The average Bonchev–Trinajstić information content (AvgIpc) is 3.43. The van der Waals surface area contributed by atoms with Crippen LogP contribution in [0.15, 0.2) is 53.3 Å². The summed E-state index contributed by atoms with van der Waals surface area (Å²) in [6.45, 7) is 4.01. The number of amides is 1. The number of H-pyrrole nitrogens is 2. The number of aryl methyl sites for hydroxylation is 1. The molecule has 5 rings (SSSR count). The molecule has 4 aromatic rings. The van der Waals surface area contributed by atoms with E-state index in [1.807, 2.05) is 24.3 Å². The van der Waals surface area contributed by atoms with Gasteiger partial charge >= 0.3 is 0 Å². The minimum absolute atomic E-state index is 0.0531. The molecule has 2 aromatic carbocycles. The molecule has 0 aliphatic carbocycles. The summed E-state index contributed by atoms with van der Waals surface area (Å²) in [5.41, 5.74) is 2.49. The van der Waals surface area contributed by atoms with E-state index in [1.165, 1.54) is 30.7 Å². The number of carbonyl (C=O) groups excluding carboxylic acids is 1. The van der Waals surface area contributed by atoms with Crippen LogP contribution >= 0.6 is 0 Å². The van der Waals surface area contributed by atoms with Crippen molar-refractivity contribution in [1.82, 2.24) is 24.6 Å². The van der Waals surface area contributed by atoms with Crippen LogP contribution in [0.25, 0.3) is 17.0 Å². The Morgan fingerprint density at radius 2 is 1.81 bits per heavy atom. The zero-order valence-electron chi connectivity index (χ0n) is 20.4. The molecule has 8 nitrogen and oxygen atoms in total. The van der Waals surface area contributed by atoms with Gasteiger partial charge in [0.15, 0.2) is 0 Å². The zero-order chi connectivity index (χ0) is 25.4. The van der Waals surface area contributed by atoms with Gasteiger partial charge in [-0.3, -0.25) is 14.7 Å². The summed E-state index contributed by atoms with van der Waals surface area (Å²) in [6.07, 6.45) is 2.43. The number of aromatic amines is 2. The second kappa shape index (κ2) is 9.39. The summed E-state index contributed by atoms with van der Waals surface area (Å²) in [7, 11) is 0. The van der Waals surface area contributed by atoms with E-state index in [1.54, 1.807) is 17.0 Å². The van der Waals surface area contributed by atoms with Gasteiger partial charge in [0.25, 0.3) is 11.5 Å². The van der Waals surface area contributed by atoms with Gasteiger partial charge in [-0.15, -0.1) is 0 Å². The van der Waals surface area contributed by atoms with Crippen molar-refractivity contribution in [1.29, 1.82) is 0 Å². The predicted octanol–water partition coefficient (Wildman–Crippen LogP) is 3.44. The van der Waals surface area contributed by atoms with E-state index in [0.29, 0.717) is 50.3 Å². The second-order valence-corrected chi connectivity index (χ2v) is 9.97. The molecule has 1 aliphatic heterocycles. The number of fused-ring (bicyclic) bond motifs is 1. The molecule has 9 heteroatoms. The maximum absolute atomic E-state index is 13.6. The van der Waals surface area contributed by atoms with Crippen molar-refractivity contribution in [3.63, 3.8) is 0 Å². The van der Waals surface area contributed by atoms with Crippen LogP contribution < -0.4 is 5.56 Å². The molecule has 1 fully saturated rings. The highest BCUT2D eigenvalue weighted by molar-refractivity contribution is 5.84. The Balaban J connectivity index is 1.46. The minimum atomic E-state index is -1.41. The fourth-order valence-corrected chi connectivity index (χ4v) is 4.94. The Labute approximate surface area is 207 Å². The van der Waals surface area contributed by atoms with Crippen LogP contribution in [0.2, 0.25) is 0 Å². The maximum atomic E-state index is 13.6. The van der Waals surface area contributed by atoms with Crippen molar-refractivity contribution in [2.24, 2.45) is 0 Å². The number of imidazole rings is 1. The van der Waals surface area contributed by atoms with Gasteiger partial charge in [-0.1, -0.05) is 24.3 Å². The van der Waals surface area contributed by atoms with Gasteiger partial charge < -0.3 is 15.0 Å². The number of piperidine rings is 1. The van der Waals surface area contributed by atoms with Gasteiger partial charge in [0.1, 0.15) is 11.4 Å². The summed E-state index contributed by atoms with van der Waals surface area (Å²) in [4.78, 5) is 35.6. The number of rotatable bonds is 6. The van der Waals surface area contributed by atoms with E-state index >= 15 is 0 Å². The Bertz CT molecular complexity index is 1400. The molecule has 1 amide bonds. The summed E-state index contributed by atoms with van der Waals surface area (Å²) >= 11 is 0. The number of aromatic nitrogens is 4. The van der Waals surface area contributed by atoms with E-state index in [-0.39, 0.29) is 23.2 Å². The first-order chi connectivity index (χ1) is 17.2. The lowest BCUT2D eigenvalue weighted by atomic mass is 9.89. The molecule has 0 saturated carbocycles. The monoisotopic (exact) mass is 491 g/mol. The standard InChI is InChI=1S/C27H30FN5O3/c1-27(2,36)25(35)32-15-13-18(14-16-32)23-20(12-9-17-7-10-19(28)11-8-17)24(34)33(31-23)26-29-21-5-3-4-6-22(21)30-26/h3-8,10-11,18,31,36H,9,12-16H2,1-2H3,(H,29,30). The fourth-order valence-electron chi connectivity index (χ4n) is 4.94. The number of para-hydroxylation sites is 2. The molecule has 1 aliphatic rings. The zero-order valence-corrected chi connectivity index (χ0v) is 20.4. The summed E-state index contributed by atoms with van der Waals surface area (Å²) < 4.78 is 14.8. The number of hydrogen-bond acceptors (Lipinski definition) is 4. The van der Waals surface area contributed by atoms with E-state index in [9.17, 15) is 19.1 Å². The smallest absolute Gasteiger partial charge is 0.277 e. The molecule has 3 heterocycles. The number of carbonyl (C=O) groups is 1. The molecule has 0 atom stereocenters. The van der Waals surface area contributed by atoms with Crippen LogP contribution in [0.1, 0.15) is 49.4 Å². The fraction of sp³-hybridized carbons (Fsp3) is 0.370. The third kappa shape index (κ3) is 4.70. The van der Waals surface area contributed by atoms with E-state index in [4.69, 9.17) is 0 Å². The van der Waals surface area contributed by atoms with Crippen LogP contribution in [0.3, 0.4) is 0 Å². The molecule has 0 radical (unpaired) electrons. The highest BCUT2D eigenvalue weighted by atomic mass is 19.1. The molecule has 0 spiro atoms. The number of aliphatic hydroxyl groups is 1. The lowest BCUT2D eigenvalue weighted by molar-refractivity contribution is -0.148. The maximum Gasteiger partial charge on any atom is 0.277 e. The van der Waals surface area contributed by atoms with Gasteiger partial charge in [-0.05, 0) is 69.4 Å². The van der Waals surface area contributed by atoms with Gasteiger partial charge in [0.05, 0.1) is 11.0 Å². The SMILES string of the molecule is CC(C)(O)C(=O)N1CCC(c2[nH]n(-c3nc4ccccc4[nH]3)c(=O)c2CCc2ccc(F)cc2)CC1. The first-order valence-corrected chi connectivity index (χ1v) is 12.3. The summed E-state index contributed by atoms with van der Waals surface area (Å²) in [5.74, 6) is -0.103. The molecule has 0 unspecified atom stereocenters. The topological polar surface area (TPSA) is 107 Å². The van der Waals surface area contributed by atoms with E-state index in [0.717, 1.165) is 22.3 Å². The molecule has 2 aromatic heterocycles. The number of hydrogen-bond donors (Lipinski definition) is 3. The molecule has 3 N–H and O–H groups in total. The largest absolute Gasteiger partial charge is 0.381 e. The van der Waals surface area contributed by atoms with Gasteiger partial charge in [-0.2, -0.15) is 4.68 Å². The molecule has 1 saturated heterocycles. The van der Waals surface area contributed by atoms with Gasteiger partial charge in [0.2, 0.25) is 5.95 Å². The molecular formula is C27H30FN5O3. The van der Waals surface area contributed by atoms with E-state index < -0.39 is 5.60 Å². The summed E-state index contributed by atoms with van der Waals surface area (Å²) in [6, 6.07) is 13.9. The number of halogens is 1. The normalized spacial score (nSPS) is 15.1. The van der Waals surface area contributed by atoms with Crippen molar-refractivity contribution < 1.29 is 14.3 Å². The van der Waals surface area contributed by atoms with Crippen molar-refractivity contribution in [3.05, 3.63) is 81.5 Å². The Morgan fingerprint density at radius 3 is 2.47 bits per heavy atom. The quantitative estimate of drug-likeness (QED) is 0.384. The van der Waals surface area contributed by atoms with Gasteiger partial charge in [-0.25, -0.2) is 9.37 Å². The number of nitrogens with one attached hydrogen (secondary N) is 2. The average molecular weight is 492 g/mol. The first-order valence-electron chi connectivity index (χ1n) is 12.3. The Hall–Kier alpha value is -3.72. The third-order valence-corrected chi connectivity index (χ3v) is 6.90. The van der Waals surface area contributed by atoms with Crippen molar-refractivity contribution in [2.75, 3.05) is 13.1 Å². The number of nitrogens with zero attached hydrogens (tertiary/aromatic N) is 3. The Morgan fingerprint density at radius 1 is 1.11 bits per heavy atom. The highest BCUT2D eigenvalue weighted by Crippen LogP contribution is 2.30. The van der Waals surface area contributed by atoms with Crippen LogP contribution in [-0.4, -0.2) is 54.4 Å². The van der Waals surface area contributed by atoms with Crippen LogP contribution in [0, 0.1) is 5.82 Å². The molecular weight excluding hydrogens is 461 g/mol. The van der Waals surface area contributed by atoms with E-state index in [2.05, 4.69) is 15.1 Å². The first kappa shape index (κ1) is 24.0. The minimum Gasteiger partial charge on any atom is -0.381 e. The summed E-state index contributed by atoms with van der Waals surface area (Å²) in [5, 5.41) is 13.4. The van der Waals surface area contributed by atoms with Crippen molar-refractivity contribution in [3.8, 4) is 5.95 Å². The second-order valence-electron chi connectivity index (χ2n) is 9.97. The van der Waals surface area contributed by atoms with Crippen molar-refractivity contribution >= 4 is 16.9 Å².